The van der Waals surface area contributed by atoms with Gasteiger partial charge in [0.05, 0.1) is 0 Å². The first-order valence-electron chi connectivity index (χ1n) is 11.4. The van der Waals surface area contributed by atoms with E-state index < -0.39 is 30.8 Å². The first-order chi connectivity index (χ1) is 17.4. The van der Waals surface area contributed by atoms with E-state index in [0.717, 1.165) is 17.7 Å². The molecule has 0 saturated heterocycles. The summed E-state index contributed by atoms with van der Waals surface area (Å²) in [5, 5.41) is 9.41. The Kier molecular flexibility index (Phi) is 11.1. The predicted octanol–water partition coefficient (Wildman–Crippen LogP) is 7.45. The highest BCUT2D eigenvalue weighted by Gasteiger charge is 2.37. The van der Waals surface area contributed by atoms with Crippen molar-refractivity contribution in [2.24, 2.45) is 0 Å². The summed E-state index contributed by atoms with van der Waals surface area (Å²) in [6.07, 6.45) is -3.98. The van der Waals surface area contributed by atoms with Crippen LogP contribution >= 0.6 is 0 Å². The van der Waals surface area contributed by atoms with Crippen LogP contribution in [0.2, 0.25) is 0 Å². The van der Waals surface area contributed by atoms with E-state index >= 15 is 0 Å². The first-order valence-corrected chi connectivity index (χ1v) is 11.4. The Bertz CT molecular complexity index is 1060. The fraction of sp³-hybridized carbons (Fsp3) is 0.333. The third-order valence-electron chi connectivity index (χ3n) is 4.97. The van der Waals surface area contributed by atoms with Crippen molar-refractivity contribution in [1.82, 2.24) is 4.90 Å². The number of benzene rings is 2. The quantitative estimate of drug-likeness (QED) is 0.176. The van der Waals surface area contributed by atoms with Gasteiger partial charge in [-0.1, -0.05) is 48.1 Å². The standard InChI is InChI=1S/C27H29F6NO3/c1-3-4-8-22(36-23-13-11-20(2)12-14-23)10-6-16-34(17-15-25(35)26(28,29)30)19-21-7-5-9-24(18-21)37-27(31,32)33/h3-9,11-14,16,18,25,35H,10,15,17,19H2,1-2H3/b4-3-,16-6+,22-8+/t25-/m1/s1. The monoisotopic (exact) mass is 529 g/mol. The van der Waals surface area contributed by atoms with Gasteiger partial charge in [0.2, 0.25) is 0 Å². The SMILES string of the molecule is C/C=C\C=C(/C/C=C/N(CC[C@@H](O)C(F)(F)F)Cc1cccc(OC(F)(F)F)c1)Oc1ccc(C)cc1. The van der Waals surface area contributed by atoms with Crippen LogP contribution in [-0.4, -0.2) is 35.2 Å². The van der Waals surface area contributed by atoms with Crippen LogP contribution in [0.25, 0.3) is 0 Å². The van der Waals surface area contributed by atoms with Crippen LogP contribution < -0.4 is 9.47 Å². The van der Waals surface area contributed by atoms with Gasteiger partial charge < -0.3 is 19.5 Å². The fourth-order valence-corrected chi connectivity index (χ4v) is 3.16. The van der Waals surface area contributed by atoms with Crippen molar-refractivity contribution in [3.8, 4) is 11.5 Å². The maximum absolute atomic E-state index is 12.8. The second-order valence-electron chi connectivity index (χ2n) is 8.17. The zero-order valence-corrected chi connectivity index (χ0v) is 20.4. The summed E-state index contributed by atoms with van der Waals surface area (Å²) in [6.45, 7) is 3.57. The molecule has 0 heterocycles. The number of allylic oxidation sites excluding steroid dienone is 4. The Hall–Kier alpha value is -3.40. The molecule has 0 aromatic heterocycles. The van der Waals surface area contributed by atoms with E-state index in [-0.39, 0.29) is 19.5 Å². The molecule has 202 valence electrons. The Balaban J connectivity index is 2.17. The molecule has 0 bridgehead atoms. The average Bonchev–Trinajstić information content (AvgIpc) is 2.80. The molecule has 0 amide bonds. The summed E-state index contributed by atoms with van der Waals surface area (Å²) in [6, 6.07) is 12.6. The number of aliphatic hydroxyl groups is 1. The van der Waals surface area contributed by atoms with E-state index in [9.17, 15) is 31.4 Å². The number of nitrogens with zero attached hydrogens (tertiary/aromatic N) is 1. The van der Waals surface area contributed by atoms with Crippen LogP contribution in [0, 0.1) is 6.92 Å². The molecular formula is C27H29F6NO3. The Morgan fingerprint density at radius 1 is 1.03 bits per heavy atom. The fourth-order valence-electron chi connectivity index (χ4n) is 3.16. The van der Waals surface area contributed by atoms with Gasteiger partial charge >= 0.3 is 12.5 Å². The van der Waals surface area contributed by atoms with Crippen molar-refractivity contribution in [3.05, 3.63) is 95.9 Å². The van der Waals surface area contributed by atoms with Crippen molar-refractivity contribution in [2.75, 3.05) is 6.54 Å². The lowest BCUT2D eigenvalue weighted by Crippen LogP contribution is -2.32. The van der Waals surface area contributed by atoms with Crippen molar-refractivity contribution < 1.29 is 40.9 Å². The van der Waals surface area contributed by atoms with Gasteiger partial charge in [-0.2, -0.15) is 13.2 Å². The third kappa shape index (κ3) is 11.9. The minimum Gasteiger partial charge on any atom is -0.461 e. The Morgan fingerprint density at radius 3 is 2.35 bits per heavy atom. The normalized spacial score (nSPS) is 13.8. The maximum Gasteiger partial charge on any atom is 0.573 e. The minimum atomic E-state index is -4.87. The summed E-state index contributed by atoms with van der Waals surface area (Å²) in [4.78, 5) is 1.47. The molecule has 2 aromatic carbocycles. The molecule has 0 aliphatic carbocycles. The van der Waals surface area contributed by atoms with E-state index in [1.54, 1.807) is 18.2 Å². The summed E-state index contributed by atoms with van der Waals surface area (Å²) in [5.74, 6) is 0.739. The van der Waals surface area contributed by atoms with Gasteiger partial charge in [-0.05, 0) is 62.4 Å². The largest absolute Gasteiger partial charge is 0.573 e. The lowest BCUT2D eigenvalue weighted by molar-refractivity contribution is -0.274. The number of aliphatic hydroxyl groups excluding tert-OH is 1. The van der Waals surface area contributed by atoms with Gasteiger partial charge in [-0.3, -0.25) is 0 Å². The number of alkyl halides is 6. The van der Waals surface area contributed by atoms with Crippen LogP contribution in [0.3, 0.4) is 0 Å². The van der Waals surface area contributed by atoms with Crippen LogP contribution in [0.5, 0.6) is 11.5 Å². The molecule has 10 heteroatoms. The van der Waals surface area contributed by atoms with Gasteiger partial charge in [0.1, 0.15) is 17.3 Å². The molecule has 1 N–H and O–H groups in total. The average molecular weight is 530 g/mol. The predicted molar refractivity (Wildman–Crippen MR) is 129 cm³/mol. The molecule has 0 fully saturated rings. The Labute approximate surface area is 212 Å². The highest BCUT2D eigenvalue weighted by molar-refractivity contribution is 5.30. The molecule has 0 saturated carbocycles. The van der Waals surface area contributed by atoms with Gasteiger partial charge in [0.25, 0.3) is 0 Å². The smallest absolute Gasteiger partial charge is 0.461 e. The number of aryl methyl sites for hydroxylation is 1. The van der Waals surface area contributed by atoms with Gasteiger partial charge in [0, 0.05) is 19.5 Å². The highest BCUT2D eigenvalue weighted by Crippen LogP contribution is 2.25. The van der Waals surface area contributed by atoms with E-state index in [4.69, 9.17) is 4.74 Å². The van der Waals surface area contributed by atoms with Crippen molar-refractivity contribution in [3.63, 3.8) is 0 Å². The van der Waals surface area contributed by atoms with Crippen LogP contribution in [0.4, 0.5) is 26.3 Å². The molecular weight excluding hydrogens is 500 g/mol. The molecule has 2 rings (SSSR count). The van der Waals surface area contributed by atoms with Crippen molar-refractivity contribution in [2.45, 2.75) is 51.9 Å². The molecule has 4 nitrogen and oxygen atoms in total. The topological polar surface area (TPSA) is 41.9 Å². The van der Waals surface area contributed by atoms with E-state index in [1.165, 1.54) is 23.2 Å². The number of hydrogen-bond acceptors (Lipinski definition) is 4. The molecule has 0 unspecified atom stereocenters. The van der Waals surface area contributed by atoms with Crippen LogP contribution in [0.15, 0.2) is 84.8 Å². The van der Waals surface area contributed by atoms with Gasteiger partial charge in [-0.25, -0.2) is 0 Å². The number of halogens is 6. The molecule has 1 atom stereocenters. The zero-order chi connectivity index (χ0) is 27.5. The molecule has 0 aliphatic heterocycles. The third-order valence-corrected chi connectivity index (χ3v) is 4.97. The van der Waals surface area contributed by atoms with E-state index in [2.05, 4.69) is 4.74 Å². The molecule has 0 radical (unpaired) electrons. The number of ether oxygens (including phenoxy) is 2. The summed E-state index contributed by atoms with van der Waals surface area (Å²) in [7, 11) is 0. The highest BCUT2D eigenvalue weighted by atomic mass is 19.4. The number of hydrogen-bond donors (Lipinski definition) is 1. The maximum atomic E-state index is 12.8. The summed E-state index contributed by atoms with van der Waals surface area (Å²) >= 11 is 0. The second kappa shape index (κ2) is 13.8. The lowest BCUT2D eigenvalue weighted by Gasteiger charge is -2.23. The van der Waals surface area contributed by atoms with Gasteiger partial charge in [-0.15, -0.1) is 13.2 Å². The second-order valence-corrected chi connectivity index (χ2v) is 8.17. The molecule has 0 aliphatic rings. The first kappa shape index (κ1) is 29.8. The zero-order valence-electron chi connectivity index (χ0n) is 20.4. The molecule has 2 aromatic rings. The van der Waals surface area contributed by atoms with E-state index in [1.807, 2.05) is 44.2 Å². The van der Waals surface area contributed by atoms with Crippen LogP contribution in [-0.2, 0) is 6.54 Å². The summed E-state index contributed by atoms with van der Waals surface area (Å²) < 4.78 is 85.9. The molecule has 37 heavy (non-hydrogen) atoms. The Morgan fingerprint density at radius 2 is 1.73 bits per heavy atom. The summed E-state index contributed by atoms with van der Waals surface area (Å²) in [5.41, 5.74) is 1.45. The number of rotatable bonds is 12. The van der Waals surface area contributed by atoms with Crippen molar-refractivity contribution in [1.29, 1.82) is 0 Å². The minimum absolute atomic E-state index is 0.0110. The lowest BCUT2D eigenvalue weighted by atomic mass is 10.1. The molecule has 0 spiro atoms. The van der Waals surface area contributed by atoms with Crippen molar-refractivity contribution >= 4 is 0 Å². The van der Waals surface area contributed by atoms with Crippen LogP contribution in [0.1, 0.15) is 30.9 Å². The van der Waals surface area contributed by atoms with E-state index in [0.29, 0.717) is 17.1 Å². The van der Waals surface area contributed by atoms with Gasteiger partial charge in [0.15, 0.2) is 6.10 Å².